The highest BCUT2D eigenvalue weighted by Gasteiger charge is 2.56. The van der Waals surface area contributed by atoms with Crippen LogP contribution in [0.5, 0.6) is 0 Å². The second-order valence-corrected chi connectivity index (χ2v) is 17.2. The number of hydrogen-bond donors (Lipinski definition) is 3. The van der Waals surface area contributed by atoms with Crippen molar-refractivity contribution in [2.45, 2.75) is 167 Å². The zero-order chi connectivity index (χ0) is 41.5. The SMILES string of the molecule is CC[C@@H]1/C=C(\C)C[C@H](C)CC(OC)[C@H]2O[C@@](O)(C(=O)C(=O)N3CCCC[C@H]3C(=O)O[C@H](/C(C)=C/[C@@H]3CC[C@@H](O)[C@H](OC)C3)[C@H](C)[C@@H](O)CC1=O)[C@H](C)C[C@@H]2OC. The molecular weight excluding hydrogens is 722 g/mol. The fourth-order valence-corrected chi connectivity index (χ4v) is 9.39. The molecule has 1 unspecified atom stereocenters. The van der Waals surface area contributed by atoms with Crippen LogP contribution in [-0.2, 0) is 42.9 Å². The molecule has 56 heavy (non-hydrogen) atoms. The van der Waals surface area contributed by atoms with Gasteiger partial charge in [-0.3, -0.25) is 14.4 Å². The summed E-state index contributed by atoms with van der Waals surface area (Å²) in [5.74, 6) is -7.50. The van der Waals surface area contributed by atoms with E-state index in [4.69, 9.17) is 23.7 Å². The van der Waals surface area contributed by atoms with Crippen LogP contribution in [-0.4, -0.2) is 126 Å². The zero-order valence-corrected chi connectivity index (χ0v) is 35.1. The number of rotatable bonds is 6. The fraction of sp³-hybridized carbons (Fsp3) is 0.814. The molecular formula is C43H69NO12. The van der Waals surface area contributed by atoms with Gasteiger partial charge in [-0.15, -0.1) is 0 Å². The maximum atomic E-state index is 14.3. The molecule has 3 N–H and O–H groups in total. The van der Waals surface area contributed by atoms with Crippen LogP contribution in [0, 0.1) is 29.6 Å². The molecule has 1 saturated carbocycles. The highest BCUT2D eigenvalue weighted by Crippen LogP contribution is 2.39. The van der Waals surface area contributed by atoms with Crippen molar-refractivity contribution in [3.8, 4) is 0 Å². The predicted octanol–water partition coefficient (Wildman–Crippen LogP) is 4.47. The molecule has 13 heteroatoms. The van der Waals surface area contributed by atoms with Gasteiger partial charge in [0.15, 0.2) is 0 Å². The number of aliphatic hydroxyl groups is 3. The van der Waals surface area contributed by atoms with Crippen LogP contribution in [0.15, 0.2) is 23.3 Å². The molecule has 14 atom stereocenters. The highest BCUT2D eigenvalue weighted by atomic mass is 16.7. The van der Waals surface area contributed by atoms with Crippen LogP contribution in [0.3, 0.4) is 0 Å². The Bertz CT molecular complexity index is 1430. The largest absolute Gasteiger partial charge is 0.456 e. The third-order valence-corrected chi connectivity index (χ3v) is 12.9. The van der Waals surface area contributed by atoms with Crippen LogP contribution in [0.25, 0.3) is 0 Å². The number of Topliss-reactive ketones (excluding diaryl/α,β-unsaturated/α-hetero) is 2. The number of cyclic esters (lactones) is 1. The number of piperidine rings is 1. The van der Waals surface area contributed by atoms with Gasteiger partial charge < -0.3 is 43.9 Å². The summed E-state index contributed by atoms with van der Waals surface area (Å²) >= 11 is 0. The van der Waals surface area contributed by atoms with Crippen LogP contribution in [0.4, 0.5) is 0 Å². The first-order valence-corrected chi connectivity index (χ1v) is 20.8. The van der Waals surface area contributed by atoms with Crippen molar-refractivity contribution in [3.05, 3.63) is 23.3 Å². The van der Waals surface area contributed by atoms with Gasteiger partial charge in [0.25, 0.3) is 11.7 Å². The molecule has 2 bridgehead atoms. The normalized spacial score (nSPS) is 41.6. The number of methoxy groups -OCH3 is 3. The molecule has 0 spiro atoms. The zero-order valence-electron chi connectivity index (χ0n) is 35.1. The smallest absolute Gasteiger partial charge is 0.329 e. The summed E-state index contributed by atoms with van der Waals surface area (Å²) in [6.45, 7) is 11.3. The Balaban J connectivity index is 1.76. The number of fused-ring (bicyclic) bond motifs is 3. The van der Waals surface area contributed by atoms with Crippen LogP contribution >= 0.6 is 0 Å². The van der Waals surface area contributed by atoms with E-state index in [-0.39, 0.29) is 49.5 Å². The topological polar surface area (TPSA) is 178 Å². The molecule has 2 saturated heterocycles. The van der Waals surface area contributed by atoms with Gasteiger partial charge in [-0.05, 0) is 95.5 Å². The lowest BCUT2D eigenvalue weighted by molar-refractivity contribution is -0.302. The van der Waals surface area contributed by atoms with E-state index < -0.39 is 83.9 Å². The molecule has 4 aliphatic rings. The Hall–Kier alpha value is -2.52. The van der Waals surface area contributed by atoms with E-state index in [2.05, 4.69) is 6.92 Å². The summed E-state index contributed by atoms with van der Waals surface area (Å²) in [4.78, 5) is 57.6. The van der Waals surface area contributed by atoms with E-state index in [1.54, 1.807) is 21.0 Å². The van der Waals surface area contributed by atoms with Crippen molar-refractivity contribution in [2.75, 3.05) is 27.9 Å². The minimum Gasteiger partial charge on any atom is -0.456 e. The van der Waals surface area contributed by atoms with E-state index in [1.165, 1.54) is 19.1 Å². The fourth-order valence-electron chi connectivity index (χ4n) is 9.39. The van der Waals surface area contributed by atoms with Crippen LogP contribution < -0.4 is 0 Å². The summed E-state index contributed by atoms with van der Waals surface area (Å²) in [5, 5.41) is 34.1. The number of hydrogen-bond acceptors (Lipinski definition) is 12. The standard InChI is InChI=1S/C43H69NO12/c1-10-30-18-24(2)17-25(3)19-36(53-8)39-37(54-9)21-27(5)43(51,56-39)40(48)41(49)44-16-12-11-13-31(44)42(50)55-38(28(6)33(46)23-34(30)47)26(4)20-29-14-15-32(45)35(22-29)52-7/h18,20,25,27-33,35-39,45-46,51H,10-17,19,21-23H2,1-9H3/b24-18+,26-20+/t25-,27+,28+,29-,30+,31-,32+,33-,35+,36?,37-,38+,39+,43+/m0/s1. The van der Waals surface area contributed by atoms with Crippen molar-refractivity contribution in [2.24, 2.45) is 29.6 Å². The third-order valence-electron chi connectivity index (χ3n) is 12.9. The minimum absolute atomic E-state index is 0.000914. The Kier molecular flexibility index (Phi) is 16.9. The molecule has 0 aromatic rings. The van der Waals surface area contributed by atoms with Gasteiger partial charge in [0.2, 0.25) is 5.79 Å². The Morgan fingerprint density at radius 3 is 2.21 bits per heavy atom. The molecule has 0 aromatic heterocycles. The maximum Gasteiger partial charge on any atom is 0.329 e. The van der Waals surface area contributed by atoms with Crippen molar-refractivity contribution in [1.29, 1.82) is 0 Å². The van der Waals surface area contributed by atoms with Gasteiger partial charge in [0, 0.05) is 52.0 Å². The molecule has 13 nitrogen and oxygen atoms in total. The molecule has 3 fully saturated rings. The number of ketones is 2. The van der Waals surface area contributed by atoms with E-state index in [9.17, 15) is 34.5 Å². The Morgan fingerprint density at radius 2 is 1.57 bits per heavy atom. The minimum atomic E-state index is -2.50. The Labute approximate surface area is 333 Å². The summed E-state index contributed by atoms with van der Waals surface area (Å²) in [7, 11) is 4.63. The third kappa shape index (κ3) is 10.7. The number of carbonyl (C=O) groups is 4. The average molecular weight is 792 g/mol. The number of allylic oxidation sites excluding steroid dienone is 3. The first-order valence-electron chi connectivity index (χ1n) is 20.8. The van der Waals surface area contributed by atoms with Crippen LogP contribution in [0.1, 0.15) is 112 Å². The summed E-state index contributed by atoms with van der Waals surface area (Å²) < 4.78 is 29.7. The second kappa shape index (κ2) is 20.4. The van der Waals surface area contributed by atoms with Crippen molar-refractivity contribution in [1.82, 2.24) is 4.90 Å². The molecule has 1 aliphatic carbocycles. The summed E-state index contributed by atoms with van der Waals surface area (Å²) in [6.07, 6.45) is 3.72. The van der Waals surface area contributed by atoms with Gasteiger partial charge in [-0.25, -0.2) is 4.79 Å². The molecule has 318 valence electrons. The lowest BCUT2D eigenvalue weighted by Crippen LogP contribution is -2.64. The molecule has 3 aliphatic heterocycles. The van der Waals surface area contributed by atoms with Gasteiger partial charge >= 0.3 is 5.97 Å². The summed E-state index contributed by atoms with van der Waals surface area (Å²) in [5.41, 5.74) is 1.66. The number of amides is 1. The molecule has 1 amide bonds. The second-order valence-electron chi connectivity index (χ2n) is 17.2. The lowest BCUT2D eigenvalue weighted by atomic mass is 9.81. The first-order chi connectivity index (χ1) is 26.5. The average Bonchev–Trinajstić information content (AvgIpc) is 3.18. The summed E-state index contributed by atoms with van der Waals surface area (Å²) in [6, 6.07) is -1.13. The monoisotopic (exact) mass is 791 g/mol. The quantitative estimate of drug-likeness (QED) is 0.196. The first kappa shape index (κ1) is 46.2. The van der Waals surface area contributed by atoms with Crippen molar-refractivity contribution >= 4 is 23.4 Å². The van der Waals surface area contributed by atoms with E-state index in [0.29, 0.717) is 56.9 Å². The van der Waals surface area contributed by atoms with Crippen molar-refractivity contribution < 1.29 is 58.2 Å². The van der Waals surface area contributed by atoms with Gasteiger partial charge in [-0.1, -0.05) is 45.4 Å². The molecule has 3 heterocycles. The number of carbonyl (C=O) groups excluding carboxylic acids is 4. The predicted molar refractivity (Wildman–Crippen MR) is 208 cm³/mol. The molecule has 0 radical (unpaired) electrons. The van der Waals surface area contributed by atoms with E-state index in [1.807, 2.05) is 32.9 Å². The van der Waals surface area contributed by atoms with Crippen molar-refractivity contribution in [3.63, 3.8) is 0 Å². The van der Waals surface area contributed by atoms with Crippen LogP contribution in [0.2, 0.25) is 0 Å². The van der Waals surface area contributed by atoms with Gasteiger partial charge in [0.05, 0.1) is 30.5 Å². The van der Waals surface area contributed by atoms with E-state index in [0.717, 1.165) is 5.57 Å². The number of nitrogens with zero attached hydrogens (tertiary/aromatic N) is 1. The van der Waals surface area contributed by atoms with Gasteiger partial charge in [0.1, 0.15) is 24.0 Å². The number of esters is 1. The highest BCUT2D eigenvalue weighted by molar-refractivity contribution is 6.39. The Morgan fingerprint density at radius 1 is 0.911 bits per heavy atom. The number of aliphatic hydroxyl groups excluding tert-OH is 2. The van der Waals surface area contributed by atoms with Gasteiger partial charge in [-0.2, -0.15) is 0 Å². The lowest BCUT2D eigenvalue weighted by Gasteiger charge is -2.47. The molecule has 4 rings (SSSR count). The maximum absolute atomic E-state index is 14.3. The van der Waals surface area contributed by atoms with E-state index >= 15 is 0 Å². The number of ether oxygens (including phenoxy) is 5. The molecule has 0 aromatic carbocycles.